The maximum absolute atomic E-state index is 11.8. The number of thiophene rings is 1. The Morgan fingerprint density at radius 3 is 3.00 bits per heavy atom. The molecular formula is C12H19N3OS. The van der Waals surface area contributed by atoms with Crippen molar-refractivity contribution in [2.45, 2.75) is 26.2 Å². The molecule has 2 rings (SSSR count). The lowest BCUT2D eigenvalue weighted by molar-refractivity contribution is 0.0958. The minimum Gasteiger partial charge on any atom is -0.397 e. The highest BCUT2D eigenvalue weighted by atomic mass is 32.1. The molecule has 1 saturated carbocycles. The van der Waals surface area contributed by atoms with Gasteiger partial charge in [0.05, 0.1) is 10.7 Å². The number of amides is 1. The van der Waals surface area contributed by atoms with E-state index in [0.29, 0.717) is 17.1 Å². The van der Waals surface area contributed by atoms with E-state index in [1.165, 1.54) is 24.2 Å². The lowest BCUT2D eigenvalue weighted by Crippen LogP contribution is -2.23. The van der Waals surface area contributed by atoms with E-state index in [4.69, 9.17) is 5.73 Å². The zero-order valence-electron chi connectivity index (χ0n) is 10.1. The van der Waals surface area contributed by atoms with Crippen molar-refractivity contribution in [3.8, 4) is 0 Å². The van der Waals surface area contributed by atoms with Crippen molar-refractivity contribution >= 4 is 27.9 Å². The molecule has 0 spiro atoms. The molecule has 1 fully saturated rings. The average Bonchev–Trinajstić information content (AvgIpc) is 3.07. The number of hydrogen-bond donors (Lipinski definition) is 3. The van der Waals surface area contributed by atoms with Crippen molar-refractivity contribution in [3.05, 3.63) is 10.9 Å². The lowest BCUT2D eigenvalue weighted by atomic mass is 10.3. The van der Waals surface area contributed by atoms with Crippen molar-refractivity contribution in [1.29, 1.82) is 0 Å². The van der Waals surface area contributed by atoms with E-state index < -0.39 is 0 Å². The Labute approximate surface area is 106 Å². The van der Waals surface area contributed by atoms with Crippen molar-refractivity contribution < 1.29 is 4.79 Å². The van der Waals surface area contributed by atoms with Gasteiger partial charge in [0.25, 0.3) is 5.91 Å². The van der Waals surface area contributed by atoms with Crippen LogP contribution >= 0.6 is 11.3 Å². The van der Waals surface area contributed by atoms with Crippen LogP contribution in [-0.2, 0) is 0 Å². The summed E-state index contributed by atoms with van der Waals surface area (Å²) in [4.78, 5) is 12.4. The third kappa shape index (κ3) is 3.36. The second kappa shape index (κ2) is 5.40. The summed E-state index contributed by atoms with van der Waals surface area (Å²) >= 11 is 1.44. The summed E-state index contributed by atoms with van der Waals surface area (Å²) in [5.41, 5.74) is 6.42. The molecule has 0 saturated heterocycles. The second-order valence-electron chi connectivity index (χ2n) is 4.48. The van der Waals surface area contributed by atoms with Gasteiger partial charge in [0.2, 0.25) is 0 Å². The Kier molecular flexibility index (Phi) is 3.89. The van der Waals surface area contributed by atoms with E-state index >= 15 is 0 Å². The molecule has 1 aliphatic rings. The van der Waals surface area contributed by atoms with E-state index in [1.807, 2.05) is 13.0 Å². The zero-order valence-corrected chi connectivity index (χ0v) is 10.9. The van der Waals surface area contributed by atoms with Crippen LogP contribution in [0.1, 0.15) is 35.9 Å². The summed E-state index contributed by atoms with van der Waals surface area (Å²) in [5.74, 6) is 0.754. The number of nitrogens with two attached hydrogens (primary N) is 1. The van der Waals surface area contributed by atoms with Gasteiger partial charge in [-0.15, -0.1) is 11.3 Å². The smallest absolute Gasteiger partial charge is 0.263 e. The van der Waals surface area contributed by atoms with E-state index in [-0.39, 0.29) is 5.91 Å². The van der Waals surface area contributed by atoms with Crippen LogP contribution in [0, 0.1) is 5.92 Å². The van der Waals surface area contributed by atoms with Crippen LogP contribution in [0.5, 0.6) is 0 Å². The van der Waals surface area contributed by atoms with Crippen LogP contribution in [0.2, 0.25) is 0 Å². The maximum Gasteiger partial charge on any atom is 0.263 e. The SMILES string of the molecule is CCCNC(=O)c1sc(NCC2CC2)cc1N. The first-order valence-electron chi connectivity index (χ1n) is 6.12. The summed E-state index contributed by atoms with van der Waals surface area (Å²) in [6.07, 6.45) is 3.57. The number of carbonyl (C=O) groups excluding carboxylic acids is 1. The van der Waals surface area contributed by atoms with E-state index in [1.54, 1.807) is 0 Å². The highest BCUT2D eigenvalue weighted by molar-refractivity contribution is 7.18. The standard InChI is InChI=1S/C12H19N3OS/c1-2-5-14-12(16)11-9(13)6-10(17-11)15-7-8-3-4-8/h6,8,15H,2-5,7,13H2,1H3,(H,14,16). The Morgan fingerprint density at radius 1 is 1.59 bits per heavy atom. The van der Waals surface area contributed by atoms with Crippen LogP contribution in [0.15, 0.2) is 6.07 Å². The molecule has 5 heteroatoms. The molecule has 0 unspecified atom stereocenters. The molecule has 1 amide bonds. The molecule has 0 aliphatic heterocycles. The Morgan fingerprint density at radius 2 is 2.35 bits per heavy atom. The zero-order chi connectivity index (χ0) is 12.3. The minimum atomic E-state index is -0.0613. The number of hydrogen-bond acceptors (Lipinski definition) is 4. The van der Waals surface area contributed by atoms with Crippen LogP contribution in [0.3, 0.4) is 0 Å². The molecule has 0 aromatic carbocycles. The van der Waals surface area contributed by atoms with E-state index in [0.717, 1.165) is 23.9 Å². The Hall–Kier alpha value is -1.23. The topological polar surface area (TPSA) is 67.2 Å². The predicted molar refractivity (Wildman–Crippen MR) is 72.6 cm³/mol. The van der Waals surface area contributed by atoms with Gasteiger partial charge in [0.1, 0.15) is 4.88 Å². The van der Waals surface area contributed by atoms with Crippen LogP contribution in [-0.4, -0.2) is 19.0 Å². The van der Waals surface area contributed by atoms with Gasteiger partial charge in [-0.2, -0.15) is 0 Å². The fraction of sp³-hybridized carbons (Fsp3) is 0.583. The molecule has 17 heavy (non-hydrogen) atoms. The molecule has 94 valence electrons. The monoisotopic (exact) mass is 253 g/mol. The normalized spacial score (nSPS) is 14.6. The molecule has 4 nitrogen and oxygen atoms in total. The molecule has 1 heterocycles. The molecule has 1 aliphatic carbocycles. The fourth-order valence-corrected chi connectivity index (χ4v) is 2.46. The number of rotatable bonds is 6. The van der Waals surface area contributed by atoms with Crippen molar-refractivity contribution in [3.63, 3.8) is 0 Å². The van der Waals surface area contributed by atoms with Gasteiger partial charge >= 0.3 is 0 Å². The highest BCUT2D eigenvalue weighted by Gasteiger charge is 2.21. The Bertz CT molecular complexity index is 398. The van der Waals surface area contributed by atoms with Gasteiger partial charge < -0.3 is 16.4 Å². The third-order valence-electron chi connectivity index (χ3n) is 2.76. The summed E-state index contributed by atoms with van der Waals surface area (Å²) in [7, 11) is 0. The molecule has 1 aromatic rings. The largest absolute Gasteiger partial charge is 0.397 e. The average molecular weight is 253 g/mol. The summed E-state index contributed by atoms with van der Waals surface area (Å²) in [5, 5.41) is 7.18. The van der Waals surface area contributed by atoms with E-state index in [2.05, 4.69) is 10.6 Å². The number of carbonyl (C=O) groups is 1. The number of anilines is 2. The first-order valence-corrected chi connectivity index (χ1v) is 6.93. The van der Waals surface area contributed by atoms with Gasteiger partial charge in [-0.05, 0) is 31.2 Å². The quantitative estimate of drug-likeness (QED) is 0.728. The minimum absolute atomic E-state index is 0.0613. The second-order valence-corrected chi connectivity index (χ2v) is 5.53. The number of nitrogens with one attached hydrogen (secondary N) is 2. The molecule has 0 radical (unpaired) electrons. The van der Waals surface area contributed by atoms with Gasteiger partial charge in [0.15, 0.2) is 0 Å². The van der Waals surface area contributed by atoms with Gasteiger partial charge in [0, 0.05) is 13.1 Å². The number of nitrogen functional groups attached to an aromatic ring is 1. The fourth-order valence-electron chi connectivity index (χ4n) is 1.56. The lowest BCUT2D eigenvalue weighted by Gasteiger charge is -2.01. The molecule has 0 atom stereocenters. The Balaban J connectivity index is 1.93. The van der Waals surface area contributed by atoms with E-state index in [9.17, 15) is 4.79 Å². The molecular weight excluding hydrogens is 234 g/mol. The first-order chi connectivity index (χ1) is 8.20. The highest BCUT2D eigenvalue weighted by Crippen LogP contribution is 2.32. The molecule has 4 N–H and O–H groups in total. The van der Waals surface area contributed by atoms with Gasteiger partial charge in [-0.1, -0.05) is 6.92 Å². The van der Waals surface area contributed by atoms with Crippen LogP contribution < -0.4 is 16.4 Å². The van der Waals surface area contributed by atoms with Crippen LogP contribution in [0.4, 0.5) is 10.7 Å². The van der Waals surface area contributed by atoms with Crippen molar-refractivity contribution in [1.82, 2.24) is 5.32 Å². The van der Waals surface area contributed by atoms with Gasteiger partial charge in [-0.3, -0.25) is 4.79 Å². The summed E-state index contributed by atoms with van der Waals surface area (Å²) in [6.45, 7) is 3.72. The third-order valence-corrected chi connectivity index (χ3v) is 3.87. The van der Waals surface area contributed by atoms with Crippen molar-refractivity contribution in [2.75, 3.05) is 24.1 Å². The predicted octanol–water partition coefficient (Wildman–Crippen LogP) is 2.29. The van der Waals surface area contributed by atoms with Crippen LogP contribution in [0.25, 0.3) is 0 Å². The van der Waals surface area contributed by atoms with Crippen molar-refractivity contribution in [2.24, 2.45) is 5.92 Å². The molecule has 0 bridgehead atoms. The maximum atomic E-state index is 11.8. The summed E-state index contributed by atoms with van der Waals surface area (Å²) < 4.78 is 0. The van der Waals surface area contributed by atoms with Gasteiger partial charge in [-0.25, -0.2) is 0 Å². The summed E-state index contributed by atoms with van der Waals surface area (Å²) in [6, 6.07) is 1.86. The first kappa shape index (κ1) is 12.2. The molecule has 1 aromatic heterocycles.